The van der Waals surface area contributed by atoms with E-state index in [0.717, 1.165) is 34.4 Å². The normalized spacial score (nSPS) is 10.8. The Labute approximate surface area is 169 Å². The SMILES string of the molecule is CCCOc1ccc(C(=O)NCc2ccc(-c3nc4ccccc4o3)cc2)cc1. The maximum atomic E-state index is 12.4. The van der Waals surface area contributed by atoms with E-state index in [1.807, 2.05) is 60.7 Å². The summed E-state index contributed by atoms with van der Waals surface area (Å²) >= 11 is 0. The van der Waals surface area contributed by atoms with Gasteiger partial charge in [0.05, 0.1) is 6.61 Å². The second-order valence-corrected chi connectivity index (χ2v) is 6.74. The number of ether oxygens (including phenoxy) is 1. The van der Waals surface area contributed by atoms with Gasteiger partial charge in [0.15, 0.2) is 5.58 Å². The van der Waals surface area contributed by atoms with Gasteiger partial charge in [-0.3, -0.25) is 4.79 Å². The maximum Gasteiger partial charge on any atom is 0.251 e. The van der Waals surface area contributed by atoms with Gasteiger partial charge in [-0.15, -0.1) is 0 Å². The van der Waals surface area contributed by atoms with E-state index < -0.39 is 0 Å². The fraction of sp³-hybridized carbons (Fsp3) is 0.167. The summed E-state index contributed by atoms with van der Waals surface area (Å²) in [6, 6.07) is 22.7. The highest BCUT2D eigenvalue weighted by Crippen LogP contribution is 2.24. The number of hydrogen-bond acceptors (Lipinski definition) is 4. The largest absolute Gasteiger partial charge is 0.494 e. The van der Waals surface area contributed by atoms with Gasteiger partial charge in [0.25, 0.3) is 5.91 Å². The molecule has 0 aliphatic heterocycles. The van der Waals surface area contributed by atoms with Gasteiger partial charge >= 0.3 is 0 Å². The molecule has 1 N–H and O–H groups in total. The number of amides is 1. The smallest absolute Gasteiger partial charge is 0.251 e. The predicted octanol–water partition coefficient (Wildman–Crippen LogP) is 5.21. The third kappa shape index (κ3) is 4.46. The molecule has 0 aliphatic rings. The molecule has 29 heavy (non-hydrogen) atoms. The number of nitrogens with zero attached hydrogens (tertiary/aromatic N) is 1. The molecule has 0 atom stereocenters. The van der Waals surface area contributed by atoms with Crippen LogP contribution in [0.5, 0.6) is 5.75 Å². The number of aromatic nitrogens is 1. The molecule has 0 aliphatic carbocycles. The molecule has 146 valence electrons. The van der Waals surface area contributed by atoms with Crippen molar-refractivity contribution < 1.29 is 13.9 Å². The molecule has 5 heteroatoms. The molecule has 0 radical (unpaired) electrons. The molecule has 5 nitrogen and oxygen atoms in total. The first-order valence-electron chi connectivity index (χ1n) is 9.69. The van der Waals surface area contributed by atoms with Crippen molar-refractivity contribution in [3.05, 3.63) is 83.9 Å². The first-order valence-corrected chi connectivity index (χ1v) is 9.69. The van der Waals surface area contributed by atoms with Crippen LogP contribution in [-0.4, -0.2) is 17.5 Å². The van der Waals surface area contributed by atoms with Gasteiger partial charge in [-0.25, -0.2) is 4.98 Å². The standard InChI is InChI=1S/C24H22N2O3/c1-2-15-28-20-13-11-18(12-14-20)23(27)25-16-17-7-9-19(10-8-17)24-26-21-5-3-4-6-22(21)29-24/h3-14H,2,15-16H2,1H3,(H,25,27). The fourth-order valence-corrected chi connectivity index (χ4v) is 2.97. The van der Waals surface area contributed by atoms with Crippen LogP contribution in [0.1, 0.15) is 29.3 Å². The molecule has 0 spiro atoms. The number of fused-ring (bicyclic) bond motifs is 1. The Morgan fingerprint density at radius 3 is 2.48 bits per heavy atom. The van der Waals surface area contributed by atoms with Crippen molar-refractivity contribution >= 4 is 17.0 Å². The minimum Gasteiger partial charge on any atom is -0.494 e. The summed E-state index contributed by atoms with van der Waals surface area (Å²) in [6.45, 7) is 3.17. The Morgan fingerprint density at radius 2 is 1.76 bits per heavy atom. The second-order valence-electron chi connectivity index (χ2n) is 6.74. The Hall–Kier alpha value is -3.60. The minimum atomic E-state index is -0.116. The van der Waals surface area contributed by atoms with E-state index in [-0.39, 0.29) is 5.91 Å². The lowest BCUT2D eigenvalue weighted by Crippen LogP contribution is -2.22. The van der Waals surface area contributed by atoms with Crippen LogP contribution >= 0.6 is 0 Å². The number of carbonyl (C=O) groups is 1. The van der Waals surface area contributed by atoms with Crippen molar-refractivity contribution in [3.63, 3.8) is 0 Å². The average molecular weight is 386 g/mol. The van der Waals surface area contributed by atoms with E-state index in [1.54, 1.807) is 12.1 Å². The van der Waals surface area contributed by atoms with Crippen molar-refractivity contribution in [1.82, 2.24) is 10.3 Å². The maximum absolute atomic E-state index is 12.4. The number of rotatable bonds is 7. The summed E-state index contributed by atoms with van der Waals surface area (Å²) in [5.41, 5.74) is 4.12. The average Bonchev–Trinajstić information content (AvgIpc) is 3.21. The molecule has 0 unspecified atom stereocenters. The molecule has 1 aromatic heterocycles. The molecule has 0 bridgehead atoms. The Bertz CT molecular complexity index is 1070. The van der Waals surface area contributed by atoms with Crippen LogP contribution in [0.2, 0.25) is 0 Å². The van der Waals surface area contributed by atoms with Crippen LogP contribution in [0, 0.1) is 0 Å². The molecule has 1 amide bonds. The molecule has 0 saturated heterocycles. The zero-order chi connectivity index (χ0) is 20.1. The number of nitrogens with one attached hydrogen (secondary N) is 1. The summed E-state index contributed by atoms with van der Waals surface area (Å²) in [5.74, 6) is 1.25. The Balaban J connectivity index is 1.36. The Kier molecular flexibility index (Phi) is 5.56. The first kappa shape index (κ1) is 18.7. The lowest BCUT2D eigenvalue weighted by atomic mass is 10.1. The Morgan fingerprint density at radius 1 is 1.00 bits per heavy atom. The lowest BCUT2D eigenvalue weighted by molar-refractivity contribution is 0.0951. The van der Waals surface area contributed by atoms with Crippen molar-refractivity contribution in [3.8, 4) is 17.2 Å². The number of oxazole rings is 1. The number of benzene rings is 3. The summed E-state index contributed by atoms with van der Waals surface area (Å²) in [4.78, 5) is 16.9. The van der Waals surface area contributed by atoms with E-state index in [9.17, 15) is 4.79 Å². The zero-order valence-corrected chi connectivity index (χ0v) is 16.2. The summed E-state index contributed by atoms with van der Waals surface area (Å²) in [7, 11) is 0. The molecule has 4 aromatic rings. The minimum absolute atomic E-state index is 0.116. The van der Waals surface area contributed by atoms with Gasteiger partial charge in [-0.05, 0) is 60.5 Å². The van der Waals surface area contributed by atoms with Crippen LogP contribution in [0.25, 0.3) is 22.6 Å². The lowest BCUT2D eigenvalue weighted by Gasteiger charge is -2.08. The van der Waals surface area contributed by atoms with Crippen LogP contribution in [0.4, 0.5) is 0 Å². The fourth-order valence-electron chi connectivity index (χ4n) is 2.97. The third-order valence-corrected chi connectivity index (χ3v) is 4.54. The highest BCUT2D eigenvalue weighted by atomic mass is 16.5. The predicted molar refractivity (Wildman–Crippen MR) is 113 cm³/mol. The molecule has 0 fully saturated rings. The highest BCUT2D eigenvalue weighted by molar-refractivity contribution is 5.94. The quantitative estimate of drug-likeness (QED) is 0.473. The first-order chi connectivity index (χ1) is 14.2. The van der Waals surface area contributed by atoms with E-state index in [0.29, 0.717) is 24.6 Å². The summed E-state index contributed by atoms with van der Waals surface area (Å²) in [5, 5.41) is 2.94. The van der Waals surface area contributed by atoms with Gasteiger partial charge in [0.1, 0.15) is 11.3 Å². The molecule has 4 rings (SSSR count). The van der Waals surface area contributed by atoms with E-state index in [2.05, 4.69) is 17.2 Å². The topological polar surface area (TPSA) is 64.4 Å². The van der Waals surface area contributed by atoms with Gasteiger partial charge in [0.2, 0.25) is 5.89 Å². The summed E-state index contributed by atoms with van der Waals surface area (Å²) < 4.78 is 11.3. The highest BCUT2D eigenvalue weighted by Gasteiger charge is 2.09. The second kappa shape index (κ2) is 8.61. The van der Waals surface area contributed by atoms with Crippen LogP contribution in [-0.2, 0) is 6.54 Å². The van der Waals surface area contributed by atoms with Crippen molar-refractivity contribution in [2.24, 2.45) is 0 Å². The molecular weight excluding hydrogens is 364 g/mol. The van der Waals surface area contributed by atoms with Gasteiger partial charge < -0.3 is 14.5 Å². The summed E-state index contributed by atoms with van der Waals surface area (Å²) in [6.07, 6.45) is 0.952. The van der Waals surface area contributed by atoms with Crippen LogP contribution in [0.3, 0.4) is 0 Å². The van der Waals surface area contributed by atoms with Gasteiger partial charge in [0, 0.05) is 17.7 Å². The van der Waals surface area contributed by atoms with E-state index in [4.69, 9.17) is 9.15 Å². The van der Waals surface area contributed by atoms with Crippen molar-refractivity contribution in [1.29, 1.82) is 0 Å². The van der Waals surface area contributed by atoms with Crippen LogP contribution in [0.15, 0.2) is 77.2 Å². The van der Waals surface area contributed by atoms with Crippen molar-refractivity contribution in [2.45, 2.75) is 19.9 Å². The number of para-hydroxylation sites is 2. The monoisotopic (exact) mass is 386 g/mol. The third-order valence-electron chi connectivity index (χ3n) is 4.54. The number of hydrogen-bond donors (Lipinski definition) is 1. The molecule has 1 heterocycles. The van der Waals surface area contributed by atoms with Gasteiger partial charge in [-0.2, -0.15) is 0 Å². The van der Waals surface area contributed by atoms with E-state index >= 15 is 0 Å². The molecular formula is C24H22N2O3. The number of carbonyl (C=O) groups excluding carboxylic acids is 1. The van der Waals surface area contributed by atoms with Gasteiger partial charge in [-0.1, -0.05) is 31.2 Å². The molecule has 0 saturated carbocycles. The van der Waals surface area contributed by atoms with Crippen LogP contribution < -0.4 is 10.1 Å². The zero-order valence-electron chi connectivity index (χ0n) is 16.2. The van der Waals surface area contributed by atoms with E-state index in [1.165, 1.54) is 0 Å². The van der Waals surface area contributed by atoms with Crippen molar-refractivity contribution in [2.75, 3.05) is 6.61 Å². The molecule has 3 aromatic carbocycles.